The van der Waals surface area contributed by atoms with Gasteiger partial charge in [0.05, 0.1) is 10.5 Å². The fourth-order valence-corrected chi connectivity index (χ4v) is 3.74. The van der Waals surface area contributed by atoms with Gasteiger partial charge in [-0.05, 0) is 48.4 Å². The number of carboxylic acids is 1. The molecule has 0 spiro atoms. The molecule has 2 aromatic rings. The number of nitrogens with one attached hydrogen (secondary N) is 2. The van der Waals surface area contributed by atoms with E-state index in [2.05, 4.69) is 10.0 Å². The molecule has 0 unspecified atom stereocenters. The molecule has 0 saturated heterocycles. The van der Waals surface area contributed by atoms with E-state index in [1.54, 1.807) is 32.9 Å². The normalized spacial score (nSPS) is 11.3. The molecular formula is C19H22N2O5S. The van der Waals surface area contributed by atoms with Crippen LogP contribution in [0, 0.1) is 5.92 Å². The number of aromatic carboxylic acids is 1. The van der Waals surface area contributed by atoms with E-state index in [4.69, 9.17) is 5.11 Å². The highest BCUT2D eigenvalue weighted by Gasteiger charge is 2.20. The Kier molecular flexibility index (Phi) is 6.22. The predicted octanol–water partition coefficient (Wildman–Crippen LogP) is 3.34. The number of hydrogen-bond acceptors (Lipinski definition) is 4. The summed E-state index contributed by atoms with van der Waals surface area (Å²) in [5.41, 5.74) is 1.28. The zero-order chi connectivity index (χ0) is 20.2. The van der Waals surface area contributed by atoms with Crippen LogP contribution in [0.25, 0.3) is 0 Å². The molecular weight excluding hydrogens is 368 g/mol. The molecule has 0 aliphatic carbocycles. The monoisotopic (exact) mass is 390 g/mol. The van der Waals surface area contributed by atoms with Crippen molar-refractivity contribution >= 4 is 33.3 Å². The number of hydrogen-bond donors (Lipinski definition) is 3. The summed E-state index contributed by atoms with van der Waals surface area (Å²) in [6.07, 6.45) is 0.441. The van der Waals surface area contributed by atoms with Crippen LogP contribution in [-0.4, -0.2) is 25.4 Å². The van der Waals surface area contributed by atoms with E-state index < -0.39 is 16.0 Å². The molecule has 0 fully saturated rings. The zero-order valence-corrected chi connectivity index (χ0v) is 16.1. The Morgan fingerprint density at radius 2 is 1.63 bits per heavy atom. The van der Waals surface area contributed by atoms with Crippen LogP contribution in [0.4, 0.5) is 11.4 Å². The van der Waals surface area contributed by atoms with E-state index in [1.165, 1.54) is 24.3 Å². The van der Waals surface area contributed by atoms with Crippen LogP contribution in [0.3, 0.4) is 0 Å². The number of benzene rings is 2. The first-order valence-electron chi connectivity index (χ1n) is 8.44. The minimum absolute atomic E-state index is 0.0675. The van der Waals surface area contributed by atoms with Crippen molar-refractivity contribution in [2.75, 3.05) is 10.0 Å². The smallest absolute Gasteiger partial charge is 0.335 e. The number of carbonyl (C=O) groups is 2. The lowest BCUT2D eigenvalue weighted by Gasteiger charge is -2.13. The largest absolute Gasteiger partial charge is 0.478 e. The third-order valence-electron chi connectivity index (χ3n) is 3.91. The molecule has 0 aromatic heterocycles. The summed E-state index contributed by atoms with van der Waals surface area (Å²) < 4.78 is 27.9. The van der Waals surface area contributed by atoms with Crippen LogP contribution in [0.15, 0.2) is 47.4 Å². The molecule has 0 radical (unpaired) electrons. The average molecular weight is 390 g/mol. The number of rotatable bonds is 7. The molecule has 7 nitrogen and oxygen atoms in total. The van der Waals surface area contributed by atoms with Gasteiger partial charge in [0, 0.05) is 17.3 Å². The summed E-state index contributed by atoms with van der Waals surface area (Å²) in [4.78, 5) is 22.8. The third kappa shape index (κ3) is 5.07. The molecule has 0 bridgehead atoms. The Labute approximate surface area is 158 Å². The number of carbonyl (C=O) groups excluding carboxylic acids is 1. The predicted molar refractivity (Wildman–Crippen MR) is 103 cm³/mol. The number of sulfonamides is 1. The van der Waals surface area contributed by atoms with Crippen molar-refractivity contribution in [3.05, 3.63) is 53.6 Å². The van der Waals surface area contributed by atoms with Crippen molar-refractivity contribution < 1.29 is 23.1 Å². The Bertz CT molecular complexity index is 951. The van der Waals surface area contributed by atoms with Crippen LogP contribution >= 0.6 is 0 Å². The minimum Gasteiger partial charge on any atom is -0.478 e. The fourth-order valence-electron chi connectivity index (χ4n) is 2.35. The van der Waals surface area contributed by atoms with Gasteiger partial charge in [-0.15, -0.1) is 0 Å². The van der Waals surface area contributed by atoms with Gasteiger partial charge in [-0.25, -0.2) is 13.2 Å². The van der Waals surface area contributed by atoms with Crippen LogP contribution < -0.4 is 10.0 Å². The van der Waals surface area contributed by atoms with Gasteiger partial charge in [0.15, 0.2) is 0 Å². The summed E-state index contributed by atoms with van der Waals surface area (Å²) in [5.74, 6) is -1.50. The molecule has 8 heteroatoms. The van der Waals surface area contributed by atoms with E-state index in [9.17, 15) is 18.0 Å². The fraction of sp³-hybridized carbons (Fsp3) is 0.263. The van der Waals surface area contributed by atoms with Gasteiger partial charge in [0.1, 0.15) is 0 Å². The Morgan fingerprint density at radius 3 is 2.15 bits per heavy atom. The third-order valence-corrected chi connectivity index (χ3v) is 5.38. The second-order valence-electron chi connectivity index (χ2n) is 6.31. The molecule has 27 heavy (non-hydrogen) atoms. The summed E-state index contributed by atoms with van der Waals surface area (Å²) >= 11 is 0. The second kappa shape index (κ2) is 8.22. The molecule has 0 saturated carbocycles. The second-order valence-corrected chi connectivity index (χ2v) is 7.96. The van der Waals surface area contributed by atoms with Crippen molar-refractivity contribution in [3.63, 3.8) is 0 Å². The number of carboxylic acid groups (broad SMARTS) is 1. The summed E-state index contributed by atoms with van der Waals surface area (Å²) in [6, 6.07) is 10.3. The minimum atomic E-state index is -3.96. The van der Waals surface area contributed by atoms with E-state index in [-0.39, 0.29) is 22.3 Å². The molecule has 0 aliphatic rings. The summed E-state index contributed by atoms with van der Waals surface area (Å²) in [7, 11) is -3.96. The molecule has 0 aliphatic heterocycles. The standard InChI is InChI=1S/C19H22N2O5S/c1-4-13-5-6-14(19(23)24)11-17(13)27(25,26)21-16-9-7-15(8-10-16)20-18(22)12(2)3/h5-12,21H,4H2,1-3H3,(H,20,22)(H,23,24). The van der Waals surface area contributed by atoms with Crippen LogP contribution in [0.5, 0.6) is 0 Å². The van der Waals surface area contributed by atoms with Crippen LogP contribution in [0.2, 0.25) is 0 Å². The van der Waals surface area contributed by atoms with Gasteiger partial charge < -0.3 is 10.4 Å². The lowest BCUT2D eigenvalue weighted by molar-refractivity contribution is -0.118. The molecule has 2 rings (SSSR count). The van der Waals surface area contributed by atoms with Gasteiger partial charge in [-0.3, -0.25) is 9.52 Å². The lowest BCUT2D eigenvalue weighted by atomic mass is 10.1. The van der Waals surface area contributed by atoms with Crippen molar-refractivity contribution in [3.8, 4) is 0 Å². The van der Waals surface area contributed by atoms with Gasteiger partial charge in [0.25, 0.3) is 10.0 Å². The Morgan fingerprint density at radius 1 is 1.04 bits per heavy atom. The van der Waals surface area contributed by atoms with E-state index >= 15 is 0 Å². The Hall–Kier alpha value is -2.87. The number of aryl methyl sites for hydroxylation is 1. The molecule has 1 amide bonds. The first-order valence-corrected chi connectivity index (χ1v) is 9.92. The molecule has 3 N–H and O–H groups in total. The van der Waals surface area contributed by atoms with Crippen LogP contribution in [0.1, 0.15) is 36.7 Å². The maximum absolute atomic E-state index is 12.7. The maximum atomic E-state index is 12.7. The average Bonchev–Trinajstić information content (AvgIpc) is 2.62. The van der Waals surface area contributed by atoms with Gasteiger partial charge in [-0.2, -0.15) is 0 Å². The van der Waals surface area contributed by atoms with E-state index in [0.717, 1.165) is 6.07 Å². The van der Waals surface area contributed by atoms with Crippen molar-refractivity contribution in [1.29, 1.82) is 0 Å². The summed E-state index contributed by atoms with van der Waals surface area (Å²) in [6.45, 7) is 5.34. The first kappa shape index (κ1) is 20.4. The van der Waals surface area contributed by atoms with Gasteiger partial charge in [-0.1, -0.05) is 26.8 Å². The SMILES string of the molecule is CCc1ccc(C(=O)O)cc1S(=O)(=O)Nc1ccc(NC(=O)C(C)C)cc1. The molecule has 0 atom stereocenters. The zero-order valence-electron chi connectivity index (χ0n) is 15.3. The molecule has 2 aromatic carbocycles. The maximum Gasteiger partial charge on any atom is 0.335 e. The van der Waals surface area contributed by atoms with E-state index in [0.29, 0.717) is 23.4 Å². The molecule has 0 heterocycles. The van der Waals surface area contributed by atoms with Crippen LogP contribution in [-0.2, 0) is 21.2 Å². The number of amides is 1. The van der Waals surface area contributed by atoms with Crippen molar-refractivity contribution in [2.24, 2.45) is 5.92 Å². The quantitative estimate of drug-likeness (QED) is 0.671. The first-order chi connectivity index (χ1) is 12.6. The van der Waals surface area contributed by atoms with Gasteiger partial charge in [0.2, 0.25) is 5.91 Å². The highest BCUT2D eigenvalue weighted by atomic mass is 32.2. The molecule has 144 valence electrons. The highest BCUT2D eigenvalue weighted by Crippen LogP contribution is 2.23. The lowest BCUT2D eigenvalue weighted by Crippen LogP contribution is -2.18. The highest BCUT2D eigenvalue weighted by molar-refractivity contribution is 7.92. The van der Waals surface area contributed by atoms with Crippen molar-refractivity contribution in [2.45, 2.75) is 32.1 Å². The Balaban J connectivity index is 2.27. The van der Waals surface area contributed by atoms with Crippen molar-refractivity contribution in [1.82, 2.24) is 0 Å². The van der Waals surface area contributed by atoms with E-state index in [1.807, 2.05) is 0 Å². The van der Waals surface area contributed by atoms with Gasteiger partial charge >= 0.3 is 5.97 Å². The summed E-state index contributed by atoms with van der Waals surface area (Å²) in [5, 5.41) is 11.8. The number of anilines is 2. The topological polar surface area (TPSA) is 113 Å².